The highest BCUT2D eigenvalue weighted by Gasteiger charge is 2.09. The first-order valence-electron chi connectivity index (χ1n) is 5.16. The van der Waals surface area contributed by atoms with Crippen molar-refractivity contribution in [2.24, 2.45) is 0 Å². The molecule has 1 amide bonds. The van der Waals surface area contributed by atoms with E-state index in [0.717, 1.165) is 12.2 Å². The van der Waals surface area contributed by atoms with Gasteiger partial charge in [-0.25, -0.2) is 0 Å². The van der Waals surface area contributed by atoms with Crippen LogP contribution in [0.5, 0.6) is 0 Å². The molecule has 0 atom stereocenters. The van der Waals surface area contributed by atoms with E-state index in [1.54, 1.807) is 30.1 Å². The lowest BCUT2D eigenvalue weighted by molar-refractivity contribution is -0.117. The van der Waals surface area contributed by atoms with Gasteiger partial charge in [-0.2, -0.15) is 5.26 Å². The van der Waals surface area contributed by atoms with E-state index < -0.39 is 0 Å². The summed E-state index contributed by atoms with van der Waals surface area (Å²) in [5.74, 6) is -0.0167. The van der Waals surface area contributed by atoms with E-state index >= 15 is 0 Å². The highest BCUT2D eigenvalue weighted by atomic mass is 16.2. The molecule has 0 aliphatic rings. The van der Waals surface area contributed by atoms with E-state index in [-0.39, 0.29) is 5.91 Å². The summed E-state index contributed by atoms with van der Waals surface area (Å²) in [6.07, 6.45) is 0. The van der Waals surface area contributed by atoms with Crippen LogP contribution >= 0.6 is 0 Å². The zero-order chi connectivity index (χ0) is 12.0. The molecule has 0 saturated heterocycles. The zero-order valence-electron chi connectivity index (χ0n) is 9.53. The third kappa shape index (κ3) is 3.07. The largest absolute Gasteiger partial charge is 0.314 e. The number of nitriles is 1. The van der Waals surface area contributed by atoms with Crippen molar-refractivity contribution in [1.82, 2.24) is 5.32 Å². The van der Waals surface area contributed by atoms with Gasteiger partial charge in [0.05, 0.1) is 18.2 Å². The van der Waals surface area contributed by atoms with Crippen molar-refractivity contribution in [2.75, 3.05) is 25.0 Å². The Labute approximate surface area is 95.5 Å². The summed E-state index contributed by atoms with van der Waals surface area (Å²) < 4.78 is 0. The minimum absolute atomic E-state index is 0.0167. The molecular weight excluding hydrogens is 202 g/mol. The van der Waals surface area contributed by atoms with E-state index in [1.807, 2.05) is 13.0 Å². The molecule has 0 spiro atoms. The van der Waals surface area contributed by atoms with Gasteiger partial charge in [-0.05, 0) is 24.7 Å². The Morgan fingerprint density at radius 2 is 2.31 bits per heavy atom. The number of likely N-dealkylation sites (N-methyl/N-ethyl adjacent to an activating group) is 2. The third-order valence-corrected chi connectivity index (χ3v) is 2.26. The van der Waals surface area contributed by atoms with Gasteiger partial charge in [-0.3, -0.25) is 4.79 Å². The Morgan fingerprint density at radius 1 is 1.56 bits per heavy atom. The number of nitrogens with zero attached hydrogens (tertiary/aromatic N) is 2. The number of carbonyl (C=O) groups excluding carboxylic acids is 1. The average molecular weight is 217 g/mol. The lowest BCUT2D eigenvalue weighted by Crippen LogP contribution is -2.35. The lowest BCUT2D eigenvalue weighted by Gasteiger charge is -2.17. The highest BCUT2D eigenvalue weighted by Crippen LogP contribution is 2.14. The van der Waals surface area contributed by atoms with Crippen molar-refractivity contribution in [1.29, 1.82) is 5.26 Å². The Hall–Kier alpha value is -1.86. The van der Waals surface area contributed by atoms with Crippen LogP contribution in [-0.4, -0.2) is 26.0 Å². The molecule has 0 heterocycles. The molecule has 0 radical (unpaired) electrons. The lowest BCUT2D eigenvalue weighted by atomic mass is 10.2. The highest BCUT2D eigenvalue weighted by molar-refractivity contribution is 5.94. The molecule has 1 aromatic rings. The Balaban J connectivity index is 2.76. The van der Waals surface area contributed by atoms with Crippen LogP contribution in [-0.2, 0) is 4.79 Å². The molecule has 0 aromatic heterocycles. The number of anilines is 1. The number of nitrogens with one attached hydrogen (secondary N) is 1. The molecule has 0 fully saturated rings. The van der Waals surface area contributed by atoms with Crippen molar-refractivity contribution in [3.05, 3.63) is 29.8 Å². The molecule has 1 rings (SSSR count). The first-order valence-corrected chi connectivity index (χ1v) is 5.16. The van der Waals surface area contributed by atoms with E-state index in [4.69, 9.17) is 5.26 Å². The molecule has 0 unspecified atom stereocenters. The Morgan fingerprint density at radius 3 is 2.94 bits per heavy atom. The molecular formula is C12H15N3O. The molecule has 84 valence electrons. The van der Waals surface area contributed by atoms with Gasteiger partial charge in [-0.1, -0.05) is 13.0 Å². The molecule has 16 heavy (non-hydrogen) atoms. The van der Waals surface area contributed by atoms with Crippen molar-refractivity contribution < 1.29 is 4.79 Å². The van der Waals surface area contributed by atoms with Crippen LogP contribution in [0.25, 0.3) is 0 Å². The minimum atomic E-state index is -0.0167. The summed E-state index contributed by atoms with van der Waals surface area (Å²) in [5, 5.41) is 11.7. The van der Waals surface area contributed by atoms with Crippen LogP contribution in [0.1, 0.15) is 12.5 Å². The summed E-state index contributed by atoms with van der Waals surface area (Å²) in [6.45, 7) is 3.02. The minimum Gasteiger partial charge on any atom is -0.314 e. The van der Waals surface area contributed by atoms with Crippen LogP contribution in [0.3, 0.4) is 0 Å². The monoisotopic (exact) mass is 217 g/mol. The molecule has 0 saturated carbocycles. The maximum Gasteiger partial charge on any atom is 0.240 e. The summed E-state index contributed by atoms with van der Waals surface area (Å²) >= 11 is 0. The zero-order valence-corrected chi connectivity index (χ0v) is 9.53. The van der Waals surface area contributed by atoms with Crippen LogP contribution < -0.4 is 10.2 Å². The first-order chi connectivity index (χ1) is 7.69. The van der Waals surface area contributed by atoms with Gasteiger partial charge < -0.3 is 10.2 Å². The first kappa shape index (κ1) is 12.2. The number of carbonyl (C=O) groups is 1. The van der Waals surface area contributed by atoms with Crippen molar-refractivity contribution in [3.63, 3.8) is 0 Å². The molecule has 4 nitrogen and oxygen atoms in total. The molecule has 0 aliphatic carbocycles. The molecule has 1 N–H and O–H groups in total. The second-order valence-electron chi connectivity index (χ2n) is 3.40. The average Bonchev–Trinajstić information content (AvgIpc) is 2.35. The van der Waals surface area contributed by atoms with Crippen LogP contribution in [0.2, 0.25) is 0 Å². The quantitative estimate of drug-likeness (QED) is 0.822. The predicted molar refractivity (Wildman–Crippen MR) is 63.1 cm³/mol. The van der Waals surface area contributed by atoms with Gasteiger partial charge in [0.25, 0.3) is 0 Å². The van der Waals surface area contributed by atoms with Crippen molar-refractivity contribution in [3.8, 4) is 6.07 Å². The van der Waals surface area contributed by atoms with Crippen LogP contribution in [0.4, 0.5) is 5.69 Å². The van der Waals surface area contributed by atoms with E-state index in [1.165, 1.54) is 0 Å². The maximum absolute atomic E-state index is 11.7. The normalized spacial score (nSPS) is 9.56. The van der Waals surface area contributed by atoms with Crippen molar-refractivity contribution in [2.45, 2.75) is 6.92 Å². The van der Waals surface area contributed by atoms with E-state index in [2.05, 4.69) is 11.4 Å². The topological polar surface area (TPSA) is 56.1 Å². The molecule has 0 bridgehead atoms. The van der Waals surface area contributed by atoms with Gasteiger partial charge in [0.1, 0.15) is 0 Å². The SMILES string of the molecule is CCNCC(=O)N(C)c1cccc(C#N)c1. The van der Waals surface area contributed by atoms with Gasteiger partial charge in [0.15, 0.2) is 0 Å². The van der Waals surface area contributed by atoms with Crippen LogP contribution in [0, 0.1) is 11.3 Å². The van der Waals surface area contributed by atoms with E-state index in [0.29, 0.717) is 12.1 Å². The van der Waals surface area contributed by atoms with Crippen molar-refractivity contribution >= 4 is 11.6 Å². The number of benzene rings is 1. The Bertz CT molecular complexity index is 409. The summed E-state index contributed by atoms with van der Waals surface area (Å²) in [5.41, 5.74) is 1.29. The van der Waals surface area contributed by atoms with Crippen LogP contribution in [0.15, 0.2) is 24.3 Å². The predicted octanol–water partition coefficient (Wildman–Crippen LogP) is 1.13. The van der Waals surface area contributed by atoms with E-state index in [9.17, 15) is 4.79 Å². The smallest absolute Gasteiger partial charge is 0.240 e. The molecule has 0 aliphatic heterocycles. The summed E-state index contributed by atoms with van der Waals surface area (Å²) in [6, 6.07) is 9.04. The third-order valence-electron chi connectivity index (χ3n) is 2.26. The summed E-state index contributed by atoms with van der Waals surface area (Å²) in [7, 11) is 1.70. The second kappa shape index (κ2) is 5.89. The number of hydrogen-bond donors (Lipinski definition) is 1. The van der Waals surface area contributed by atoms with Gasteiger partial charge in [0, 0.05) is 12.7 Å². The van der Waals surface area contributed by atoms with Gasteiger partial charge >= 0.3 is 0 Å². The fourth-order valence-electron chi connectivity index (χ4n) is 1.28. The number of rotatable bonds is 4. The fourth-order valence-corrected chi connectivity index (χ4v) is 1.28. The Kier molecular flexibility index (Phi) is 4.49. The summed E-state index contributed by atoms with van der Waals surface area (Å²) in [4.78, 5) is 13.2. The number of hydrogen-bond acceptors (Lipinski definition) is 3. The van der Waals surface area contributed by atoms with Gasteiger partial charge in [-0.15, -0.1) is 0 Å². The fraction of sp³-hybridized carbons (Fsp3) is 0.333. The maximum atomic E-state index is 11.7. The molecule has 4 heteroatoms. The number of amides is 1. The van der Waals surface area contributed by atoms with Gasteiger partial charge in [0.2, 0.25) is 5.91 Å². The second-order valence-corrected chi connectivity index (χ2v) is 3.40. The standard InChI is InChI=1S/C12H15N3O/c1-3-14-9-12(16)15(2)11-6-4-5-10(7-11)8-13/h4-7,14H,3,9H2,1-2H3. The molecule has 1 aromatic carbocycles.